The molecule has 1 heterocycles. The number of ketones is 1. The SMILES string of the molecule is CC(=O)c1cc(C(=O)NCCCc2ccc(F)cc2)cs1. The molecule has 0 spiro atoms. The Morgan fingerprint density at radius 2 is 1.95 bits per heavy atom. The van der Waals surface area contributed by atoms with Crippen LogP contribution in [0.2, 0.25) is 0 Å². The van der Waals surface area contributed by atoms with Crippen LogP contribution in [0.1, 0.15) is 38.9 Å². The topological polar surface area (TPSA) is 46.2 Å². The normalized spacial score (nSPS) is 10.4. The Morgan fingerprint density at radius 3 is 2.57 bits per heavy atom. The van der Waals surface area contributed by atoms with Crippen molar-refractivity contribution in [1.29, 1.82) is 0 Å². The van der Waals surface area contributed by atoms with E-state index in [1.54, 1.807) is 23.6 Å². The van der Waals surface area contributed by atoms with Crippen LogP contribution >= 0.6 is 11.3 Å². The highest BCUT2D eigenvalue weighted by atomic mass is 32.1. The smallest absolute Gasteiger partial charge is 0.252 e. The molecular weight excluding hydrogens is 289 g/mol. The molecule has 0 aliphatic heterocycles. The zero-order valence-corrected chi connectivity index (χ0v) is 12.5. The van der Waals surface area contributed by atoms with Crippen LogP contribution in [0.3, 0.4) is 0 Å². The maximum absolute atomic E-state index is 12.7. The molecule has 0 saturated carbocycles. The van der Waals surface area contributed by atoms with Crippen molar-refractivity contribution < 1.29 is 14.0 Å². The molecule has 0 aliphatic carbocycles. The Hall–Kier alpha value is -2.01. The van der Waals surface area contributed by atoms with Crippen molar-refractivity contribution in [2.24, 2.45) is 0 Å². The van der Waals surface area contributed by atoms with Gasteiger partial charge in [0.15, 0.2) is 5.78 Å². The highest BCUT2D eigenvalue weighted by Crippen LogP contribution is 2.15. The largest absolute Gasteiger partial charge is 0.352 e. The van der Waals surface area contributed by atoms with Crippen molar-refractivity contribution in [3.05, 3.63) is 57.5 Å². The monoisotopic (exact) mass is 305 g/mol. The lowest BCUT2D eigenvalue weighted by atomic mass is 10.1. The molecule has 3 nitrogen and oxygen atoms in total. The van der Waals surface area contributed by atoms with Gasteiger partial charge >= 0.3 is 0 Å². The molecule has 0 aliphatic rings. The highest BCUT2D eigenvalue weighted by Gasteiger charge is 2.10. The first kappa shape index (κ1) is 15.4. The third-order valence-electron chi connectivity index (χ3n) is 3.05. The van der Waals surface area contributed by atoms with Crippen LogP contribution in [0.25, 0.3) is 0 Å². The zero-order valence-electron chi connectivity index (χ0n) is 11.7. The summed E-state index contributed by atoms with van der Waals surface area (Å²) in [5.41, 5.74) is 1.56. The minimum absolute atomic E-state index is 0.0321. The zero-order chi connectivity index (χ0) is 15.2. The van der Waals surface area contributed by atoms with Crippen LogP contribution in [0.4, 0.5) is 4.39 Å². The lowest BCUT2D eigenvalue weighted by Gasteiger charge is -2.04. The molecule has 5 heteroatoms. The van der Waals surface area contributed by atoms with Crippen LogP contribution < -0.4 is 5.32 Å². The van der Waals surface area contributed by atoms with E-state index in [9.17, 15) is 14.0 Å². The van der Waals surface area contributed by atoms with Gasteiger partial charge < -0.3 is 5.32 Å². The molecule has 1 N–H and O–H groups in total. The number of Topliss-reactive ketones (excluding diaryl/α,β-unsaturated/α-hetero) is 1. The summed E-state index contributed by atoms with van der Waals surface area (Å²) in [5, 5.41) is 4.50. The van der Waals surface area contributed by atoms with Gasteiger partial charge in [0.2, 0.25) is 0 Å². The van der Waals surface area contributed by atoms with Gasteiger partial charge in [0.1, 0.15) is 5.82 Å². The molecule has 0 atom stereocenters. The van der Waals surface area contributed by atoms with Crippen molar-refractivity contribution >= 4 is 23.0 Å². The van der Waals surface area contributed by atoms with E-state index in [0.717, 1.165) is 18.4 Å². The first-order valence-electron chi connectivity index (χ1n) is 6.68. The van der Waals surface area contributed by atoms with Crippen LogP contribution in [0, 0.1) is 5.82 Å². The van der Waals surface area contributed by atoms with Gasteiger partial charge in [-0.1, -0.05) is 12.1 Å². The minimum atomic E-state index is -0.245. The second-order valence-electron chi connectivity index (χ2n) is 4.74. The fraction of sp³-hybridized carbons (Fsp3) is 0.250. The van der Waals surface area contributed by atoms with Gasteiger partial charge in [0.25, 0.3) is 5.91 Å². The first-order valence-corrected chi connectivity index (χ1v) is 7.56. The molecule has 0 fully saturated rings. The van der Waals surface area contributed by atoms with Gasteiger partial charge in [-0.25, -0.2) is 4.39 Å². The quantitative estimate of drug-likeness (QED) is 0.656. The summed E-state index contributed by atoms with van der Waals surface area (Å²) < 4.78 is 12.7. The maximum atomic E-state index is 12.7. The number of halogens is 1. The van der Waals surface area contributed by atoms with Crippen molar-refractivity contribution in [2.75, 3.05) is 6.54 Å². The first-order chi connectivity index (χ1) is 10.1. The molecule has 0 unspecified atom stereocenters. The highest BCUT2D eigenvalue weighted by molar-refractivity contribution is 7.12. The third-order valence-corrected chi connectivity index (χ3v) is 4.08. The number of nitrogens with one attached hydrogen (secondary N) is 1. The third kappa shape index (κ3) is 4.49. The number of carbonyl (C=O) groups is 2. The number of amides is 1. The Balaban J connectivity index is 1.76. The van der Waals surface area contributed by atoms with Gasteiger partial charge in [0.05, 0.1) is 10.4 Å². The number of carbonyl (C=O) groups excluding carboxylic acids is 2. The predicted molar refractivity (Wildman–Crippen MR) is 81.4 cm³/mol. The van der Waals surface area contributed by atoms with E-state index in [-0.39, 0.29) is 17.5 Å². The lowest BCUT2D eigenvalue weighted by molar-refractivity contribution is 0.0953. The Morgan fingerprint density at radius 1 is 1.24 bits per heavy atom. The number of thiophene rings is 1. The molecule has 2 rings (SSSR count). The Bertz CT molecular complexity index is 634. The Kier molecular flexibility index (Phi) is 5.22. The van der Waals surface area contributed by atoms with E-state index in [1.165, 1.54) is 30.4 Å². The number of aryl methyl sites for hydroxylation is 1. The molecule has 21 heavy (non-hydrogen) atoms. The molecule has 1 aromatic heterocycles. The summed E-state index contributed by atoms with van der Waals surface area (Å²) in [6, 6.07) is 7.97. The molecule has 110 valence electrons. The summed E-state index contributed by atoms with van der Waals surface area (Å²) in [6.45, 7) is 2.03. The van der Waals surface area contributed by atoms with Gasteiger partial charge in [-0.2, -0.15) is 0 Å². The van der Waals surface area contributed by atoms with Crippen LogP contribution in [-0.2, 0) is 6.42 Å². The predicted octanol–water partition coefficient (Wildman–Crippen LogP) is 3.45. The maximum Gasteiger partial charge on any atom is 0.252 e. The van der Waals surface area contributed by atoms with Crippen LogP contribution in [0.15, 0.2) is 35.7 Å². The number of hydrogen-bond acceptors (Lipinski definition) is 3. The van der Waals surface area contributed by atoms with E-state index in [1.807, 2.05) is 0 Å². The molecule has 1 amide bonds. The summed E-state index contributed by atoms with van der Waals surface area (Å²) in [4.78, 5) is 23.6. The fourth-order valence-corrected chi connectivity index (χ4v) is 2.68. The van der Waals surface area contributed by atoms with E-state index >= 15 is 0 Å². The number of rotatable bonds is 6. The van der Waals surface area contributed by atoms with Gasteiger partial charge in [-0.3, -0.25) is 9.59 Å². The molecule has 0 saturated heterocycles. The van der Waals surface area contributed by atoms with E-state index < -0.39 is 0 Å². The Labute approximate surface area is 126 Å². The fourth-order valence-electron chi connectivity index (χ4n) is 1.89. The van der Waals surface area contributed by atoms with Crippen molar-refractivity contribution in [3.63, 3.8) is 0 Å². The van der Waals surface area contributed by atoms with Gasteiger partial charge in [-0.05, 0) is 43.5 Å². The standard InChI is InChI=1S/C16H16FNO2S/c1-11(19)15-9-13(10-21-15)16(20)18-8-2-3-12-4-6-14(17)7-5-12/h4-7,9-10H,2-3,8H2,1H3,(H,18,20). The molecule has 1 aromatic carbocycles. The van der Waals surface area contributed by atoms with Gasteiger partial charge in [-0.15, -0.1) is 11.3 Å². The van der Waals surface area contributed by atoms with E-state index in [2.05, 4.69) is 5.32 Å². The molecule has 0 bridgehead atoms. The number of benzene rings is 1. The number of hydrogen-bond donors (Lipinski definition) is 1. The average Bonchev–Trinajstić information content (AvgIpc) is 2.95. The van der Waals surface area contributed by atoms with E-state index in [0.29, 0.717) is 17.0 Å². The van der Waals surface area contributed by atoms with Gasteiger partial charge in [0, 0.05) is 11.9 Å². The second-order valence-corrected chi connectivity index (χ2v) is 5.65. The van der Waals surface area contributed by atoms with E-state index in [4.69, 9.17) is 0 Å². The average molecular weight is 305 g/mol. The molecular formula is C16H16FNO2S. The summed E-state index contributed by atoms with van der Waals surface area (Å²) in [6.07, 6.45) is 1.56. The van der Waals surface area contributed by atoms with Crippen LogP contribution in [-0.4, -0.2) is 18.2 Å². The molecule has 2 aromatic rings. The van der Waals surface area contributed by atoms with Crippen molar-refractivity contribution in [2.45, 2.75) is 19.8 Å². The molecule has 0 radical (unpaired) electrons. The second kappa shape index (κ2) is 7.13. The van der Waals surface area contributed by atoms with Crippen LogP contribution in [0.5, 0.6) is 0 Å². The minimum Gasteiger partial charge on any atom is -0.352 e. The summed E-state index contributed by atoms with van der Waals surface area (Å²) in [5.74, 6) is -0.445. The van der Waals surface area contributed by atoms with Crippen molar-refractivity contribution in [3.8, 4) is 0 Å². The summed E-state index contributed by atoms with van der Waals surface area (Å²) >= 11 is 1.28. The lowest BCUT2D eigenvalue weighted by Crippen LogP contribution is -2.24. The van der Waals surface area contributed by atoms with Crippen molar-refractivity contribution in [1.82, 2.24) is 5.32 Å². The summed E-state index contributed by atoms with van der Waals surface area (Å²) in [7, 11) is 0.